The molecule has 0 aliphatic carbocycles. The number of alkyl halides is 3. The van der Waals surface area contributed by atoms with Gasteiger partial charge in [0.25, 0.3) is 0 Å². The molecule has 0 saturated carbocycles. The van der Waals surface area contributed by atoms with Crippen LogP contribution in [-0.4, -0.2) is 17.7 Å². The monoisotopic (exact) mass is 438 g/mol. The smallest absolute Gasteiger partial charge is 0.330 e. The molecule has 2 N–H and O–H groups in total. The van der Waals surface area contributed by atoms with E-state index in [0.717, 1.165) is 0 Å². The summed E-state index contributed by atoms with van der Waals surface area (Å²) in [6.45, 7) is 3.25. The predicted octanol–water partition coefficient (Wildman–Crippen LogP) is 6.36. The Bertz CT molecular complexity index is 1050. The summed E-state index contributed by atoms with van der Waals surface area (Å²) in [5.74, 6) is -2.37. The first-order chi connectivity index (χ1) is 14.1. The Kier molecular flexibility index (Phi) is 6.39. The Labute approximate surface area is 178 Å². The number of pyridine rings is 1. The lowest BCUT2D eigenvalue weighted by atomic mass is 9.66. The molecule has 3 rings (SSSR count). The lowest BCUT2D eigenvalue weighted by Gasteiger charge is -2.40. The van der Waals surface area contributed by atoms with Crippen LogP contribution in [0.2, 0.25) is 5.15 Å². The molecule has 0 saturated heterocycles. The number of fused-ring (bicyclic) bond motifs is 1. The fourth-order valence-electron chi connectivity index (χ4n) is 4.31. The van der Waals surface area contributed by atoms with Gasteiger partial charge in [0.05, 0.1) is 11.4 Å². The Morgan fingerprint density at radius 1 is 1.10 bits per heavy atom. The number of para-hydroxylation sites is 1. The van der Waals surface area contributed by atoms with Crippen molar-refractivity contribution in [3.63, 3.8) is 0 Å². The van der Waals surface area contributed by atoms with Crippen molar-refractivity contribution in [1.29, 1.82) is 0 Å². The molecule has 2 atom stereocenters. The number of aromatic nitrogens is 1. The third-order valence-corrected chi connectivity index (χ3v) is 6.03. The Balaban J connectivity index is 2.19. The second-order valence-electron chi connectivity index (χ2n) is 7.83. The van der Waals surface area contributed by atoms with Gasteiger partial charge in [-0.2, -0.15) is 13.2 Å². The molecular weight excluding hydrogens is 416 g/mol. The van der Waals surface area contributed by atoms with E-state index in [1.54, 1.807) is 31.2 Å². The van der Waals surface area contributed by atoms with E-state index in [1.807, 2.05) is 0 Å². The van der Waals surface area contributed by atoms with Crippen LogP contribution in [0, 0.1) is 18.7 Å². The minimum atomic E-state index is -4.54. The van der Waals surface area contributed by atoms with Gasteiger partial charge in [-0.1, -0.05) is 42.8 Å². The Morgan fingerprint density at radius 2 is 1.80 bits per heavy atom. The van der Waals surface area contributed by atoms with Crippen molar-refractivity contribution in [2.24, 2.45) is 11.7 Å². The van der Waals surface area contributed by atoms with Crippen molar-refractivity contribution in [2.75, 3.05) is 6.54 Å². The van der Waals surface area contributed by atoms with Gasteiger partial charge in [0.15, 0.2) is 0 Å². The highest BCUT2D eigenvalue weighted by Gasteiger charge is 2.51. The van der Waals surface area contributed by atoms with Crippen LogP contribution in [0.3, 0.4) is 0 Å². The van der Waals surface area contributed by atoms with Gasteiger partial charge in [0, 0.05) is 10.8 Å². The zero-order chi connectivity index (χ0) is 22.1. The third-order valence-electron chi connectivity index (χ3n) is 5.84. The molecule has 0 aliphatic heterocycles. The van der Waals surface area contributed by atoms with E-state index in [-0.39, 0.29) is 24.5 Å². The summed E-state index contributed by atoms with van der Waals surface area (Å²) in [7, 11) is 0. The maximum atomic E-state index is 14.5. The van der Waals surface area contributed by atoms with Crippen molar-refractivity contribution in [1.82, 2.24) is 4.98 Å². The second-order valence-corrected chi connectivity index (χ2v) is 8.22. The highest BCUT2D eigenvalue weighted by Crippen LogP contribution is 2.47. The summed E-state index contributed by atoms with van der Waals surface area (Å²) in [6.07, 6.45) is -4.81. The zero-order valence-corrected chi connectivity index (χ0v) is 17.5. The molecule has 0 spiro atoms. The SMILES string of the molecule is Cc1ccc(F)cc1C(C)(CCN)C(Cc1cc(Cl)nc2ccccc12)C(F)(F)F. The van der Waals surface area contributed by atoms with Crippen molar-refractivity contribution < 1.29 is 17.6 Å². The fraction of sp³-hybridized carbons (Fsp3) is 0.348. The van der Waals surface area contributed by atoms with Gasteiger partial charge in [-0.3, -0.25) is 0 Å². The van der Waals surface area contributed by atoms with Crippen molar-refractivity contribution in [2.45, 2.75) is 38.3 Å². The van der Waals surface area contributed by atoms with Crippen LogP contribution < -0.4 is 5.73 Å². The van der Waals surface area contributed by atoms with Crippen molar-refractivity contribution in [3.8, 4) is 0 Å². The van der Waals surface area contributed by atoms with Crippen LogP contribution in [-0.2, 0) is 11.8 Å². The summed E-state index contributed by atoms with van der Waals surface area (Å²) in [5.41, 5.74) is 6.21. The highest BCUT2D eigenvalue weighted by atomic mass is 35.5. The first-order valence-corrected chi connectivity index (χ1v) is 10.0. The molecule has 2 unspecified atom stereocenters. The molecule has 0 fully saturated rings. The van der Waals surface area contributed by atoms with Gasteiger partial charge >= 0.3 is 6.18 Å². The normalized spacial score (nSPS) is 15.2. The van der Waals surface area contributed by atoms with Crippen LogP contribution in [0.25, 0.3) is 10.9 Å². The van der Waals surface area contributed by atoms with Gasteiger partial charge < -0.3 is 5.73 Å². The highest BCUT2D eigenvalue weighted by molar-refractivity contribution is 6.29. The van der Waals surface area contributed by atoms with Gasteiger partial charge in [-0.15, -0.1) is 0 Å². The standard InChI is InChI=1S/C23H23ClF4N2/c1-14-7-8-16(25)13-18(14)22(2,9-10-29)20(23(26,27)28)11-15-12-21(24)30-19-6-4-3-5-17(15)19/h3-8,12-13,20H,9-11,29H2,1-2H3. The largest absolute Gasteiger partial charge is 0.392 e. The molecule has 30 heavy (non-hydrogen) atoms. The Morgan fingerprint density at radius 3 is 2.47 bits per heavy atom. The lowest BCUT2D eigenvalue weighted by molar-refractivity contribution is -0.193. The second kappa shape index (κ2) is 8.52. The molecule has 1 heterocycles. The minimum Gasteiger partial charge on any atom is -0.330 e. The summed E-state index contributed by atoms with van der Waals surface area (Å²) in [4.78, 5) is 4.20. The van der Waals surface area contributed by atoms with Gasteiger partial charge in [-0.25, -0.2) is 9.37 Å². The molecule has 2 aromatic carbocycles. The summed E-state index contributed by atoms with van der Waals surface area (Å²) in [6, 6.07) is 12.4. The average Bonchev–Trinajstić information content (AvgIpc) is 2.66. The van der Waals surface area contributed by atoms with Crippen molar-refractivity contribution in [3.05, 3.63) is 76.2 Å². The number of aryl methyl sites for hydroxylation is 1. The molecule has 0 radical (unpaired) electrons. The number of rotatable bonds is 6. The summed E-state index contributed by atoms with van der Waals surface area (Å²) < 4.78 is 57.4. The first kappa shape index (κ1) is 22.5. The van der Waals surface area contributed by atoms with E-state index >= 15 is 0 Å². The van der Waals surface area contributed by atoms with Crippen LogP contribution in [0.1, 0.15) is 30.0 Å². The fourth-order valence-corrected chi connectivity index (χ4v) is 4.53. The Hall–Kier alpha value is -2.18. The molecular formula is C23H23ClF4N2. The van der Waals surface area contributed by atoms with Crippen LogP contribution in [0.5, 0.6) is 0 Å². The van der Waals surface area contributed by atoms with Crippen molar-refractivity contribution >= 4 is 22.5 Å². The quantitative estimate of drug-likeness (QED) is 0.359. The van der Waals surface area contributed by atoms with Crippen LogP contribution in [0.15, 0.2) is 48.5 Å². The molecule has 0 bridgehead atoms. The number of nitrogens with zero attached hydrogens (tertiary/aromatic N) is 1. The van der Waals surface area contributed by atoms with Gasteiger partial charge in [0.2, 0.25) is 0 Å². The van der Waals surface area contributed by atoms with Gasteiger partial charge in [0.1, 0.15) is 11.0 Å². The first-order valence-electron chi connectivity index (χ1n) is 9.64. The number of hydrogen-bond acceptors (Lipinski definition) is 2. The number of halogens is 5. The molecule has 7 heteroatoms. The molecule has 160 valence electrons. The summed E-state index contributed by atoms with van der Waals surface area (Å²) in [5, 5.41) is 0.745. The van der Waals surface area contributed by atoms with E-state index < -0.39 is 23.3 Å². The topological polar surface area (TPSA) is 38.9 Å². The maximum absolute atomic E-state index is 14.5. The van der Waals surface area contributed by atoms with E-state index in [0.29, 0.717) is 27.6 Å². The van der Waals surface area contributed by atoms with Crippen LogP contribution >= 0.6 is 11.6 Å². The number of nitrogens with two attached hydrogens (primary N) is 1. The average molecular weight is 439 g/mol. The third kappa shape index (κ3) is 4.44. The number of benzene rings is 2. The zero-order valence-electron chi connectivity index (χ0n) is 16.7. The molecule has 3 aromatic rings. The predicted molar refractivity (Wildman–Crippen MR) is 112 cm³/mol. The van der Waals surface area contributed by atoms with E-state index in [1.165, 1.54) is 31.2 Å². The maximum Gasteiger partial charge on any atom is 0.392 e. The minimum absolute atomic E-state index is 0.0386. The lowest BCUT2D eigenvalue weighted by Crippen LogP contribution is -2.44. The molecule has 0 amide bonds. The van der Waals surface area contributed by atoms with E-state index in [9.17, 15) is 17.6 Å². The van der Waals surface area contributed by atoms with E-state index in [2.05, 4.69) is 4.98 Å². The summed E-state index contributed by atoms with van der Waals surface area (Å²) >= 11 is 6.10. The van der Waals surface area contributed by atoms with Gasteiger partial charge in [-0.05, 0) is 67.3 Å². The molecule has 0 aliphatic rings. The van der Waals surface area contributed by atoms with Crippen LogP contribution in [0.4, 0.5) is 17.6 Å². The molecule has 1 aromatic heterocycles. The van der Waals surface area contributed by atoms with E-state index in [4.69, 9.17) is 17.3 Å². The number of hydrogen-bond donors (Lipinski definition) is 1. The molecule has 2 nitrogen and oxygen atoms in total.